The van der Waals surface area contributed by atoms with Crippen molar-refractivity contribution in [3.8, 4) is 0 Å². The Labute approximate surface area is 256 Å². The number of amides is 4. The molecule has 0 bridgehead atoms. The lowest BCUT2D eigenvalue weighted by Gasteiger charge is -2.34. The third-order valence-corrected chi connectivity index (χ3v) is 11.7. The van der Waals surface area contributed by atoms with Crippen molar-refractivity contribution < 1.29 is 45.5 Å². The van der Waals surface area contributed by atoms with Crippen LogP contribution in [0.25, 0.3) is 0 Å². The second kappa shape index (κ2) is 11.8. The number of allylic oxidation sites excluding steroid dienone is 1. The maximum Gasteiger partial charge on any atom is 0.427 e. The van der Waals surface area contributed by atoms with Crippen LogP contribution in [0.2, 0.25) is 0 Å². The number of carbonyl (C=O) groups excluding carboxylic acids is 4. The first-order valence-electron chi connectivity index (χ1n) is 15.2. The Kier molecular flexibility index (Phi) is 9.15. The highest BCUT2D eigenvalue weighted by Crippen LogP contribution is 2.47. The molecule has 44 heavy (non-hydrogen) atoms. The smallest absolute Gasteiger partial charge is 0.427 e. The van der Waals surface area contributed by atoms with Crippen LogP contribution in [-0.4, -0.2) is 77.8 Å². The summed E-state index contributed by atoms with van der Waals surface area (Å²) in [6, 6.07) is -2.31. The number of rotatable bonds is 5. The molecule has 2 aliphatic carbocycles. The highest BCUT2D eigenvalue weighted by Gasteiger charge is 2.63. The predicted molar refractivity (Wildman–Crippen MR) is 153 cm³/mol. The molecule has 0 unspecified atom stereocenters. The van der Waals surface area contributed by atoms with Crippen molar-refractivity contribution in [3.63, 3.8) is 0 Å². The third kappa shape index (κ3) is 6.86. The average Bonchev–Trinajstić information content (AvgIpc) is 3.75. The summed E-state index contributed by atoms with van der Waals surface area (Å²) in [5.41, 5.74) is -4.31. The van der Waals surface area contributed by atoms with Gasteiger partial charge in [-0.15, -0.1) is 0 Å². The molecule has 11 nitrogen and oxygen atoms in total. The van der Waals surface area contributed by atoms with Gasteiger partial charge in [0.15, 0.2) is 0 Å². The predicted octanol–water partition coefficient (Wildman–Crippen LogP) is 3.30. The van der Waals surface area contributed by atoms with E-state index in [9.17, 15) is 40.8 Å². The summed E-state index contributed by atoms with van der Waals surface area (Å²) in [6.45, 7) is 6.78. The van der Waals surface area contributed by atoms with E-state index in [1.807, 2.05) is 13.0 Å². The van der Waals surface area contributed by atoms with Crippen molar-refractivity contribution in [2.45, 2.75) is 120 Å². The largest absolute Gasteiger partial charge is 0.434 e. The van der Waals surface area contributed by atoms with Crippen LogP contribution in [0, 0.1) is 17.8 Å². The number of carbonyl (C=O) groups is 4. The van der Waals surface area contributed by atoms with Crippen LogP contribution in [0.4, 0.5) is 18.0 Å². The summed E-state index contributed by atoms with van der Waals surface area (Å²) in [4.78, 5) is 55.0. The average molecular weight is 649 g/mol. The second-order valence-electron chi connectivity index (χ2n) is 13.7. The Morgan fingerprint density at radius 1 is 1.14 bits per heavy atom. The van der Waals surface area contributed by atoms with E-state index in [0.717, 1.165) is 0 Å². The number of halogens is 3. The van der Waals surface area contributed by atoms with E-state index < -0.39 is 79.8 Å². The Balaban J connectivity index is 1.60. The molecule has 2 saturated carbocycles. The molecule has 2 aliphatic heterocycles. The van der Waals surface area contributed by atoms with Gasteiger partial charge < -0.3 is 20.3 Å². The fourth-order valence-corrected chi connectivity index (χ4v) is 7.28. The van der Waals surface area contributed by atoms with Gasteiger partial charge in [0, 0.05) is 12.5 Å². The molecule has 4 rings (SSSR count). The number of ether oxygens (including phenoxy) is 1. The monoisotopic (exact) mass is 648 g/mol. The van der Waals surface area contributed by atoms with Crippen molar-refractivity contribution in [1.82, 2.24) is 20.3 Å². The maximum absolute atomic E-state index is 13.9. The van der Waals surface area contributed by atoms with Crippen LogP contribution in [0.3, 0.4) is 0 Å². The van der Waals surface area contributed by atoms with Crippen molar-refractivity contribution >= 4 is 33.8 Å². The minimum absolute atomic E-state index is 0.0466. The molecule has 3 fully saturated rings. The molecule has 15 heteroatoms. The number of alkyl carbamates (subject to hydrolysis) is 1. The number of hydrogen-bond donors (Lipinski definition) is 3. The fourth-order valence-electron chi connectivity index (χ4n) is 5.97. The van der Waals surface area contributed by atoms with Crippen LogP contribution in [0.1, 0.15) is 86.0 Å². The molecule has 4 amide bonds. The SMILES string of the molecule is C[C@H]1CC/C=C\[C@@H]2C[C@@]2(C(=O)NS(=O)(=O)C2(C)CC2)NC(=O)[C@@H]2CCCN2C(=O)[C@@H](NC(=O)OC(C)(C)C(F)(F)F)[C@H](C)C1. The lowest BCUT2D eigenvalue weighted by Crippen LogP contribution is -2.59. The van der Waals surface area contributed by atoms with Gasteiger partial charge in [0.2, 0.25) is 27.4 Å². The molecule has 0 aromatic carbocycles. The van der Waals surface area contributed by atoms with Crippen molar-refractivity contribution in [3.05, 3.63) is 12.2 Å². The van der Waals surface area contributed by atoms with Gasteiger partial charge in [-0.05, 0) is 84.0 Å². The van der Waals surface area contributed by atoms with Gasteiger partial charge in [0.05, 0.1) is 4.75 Å². The van der Waals surface area contributed by atoms with E-state index in [1.54, 1.807) is 19.9 Å². The minimum Gasteiger partial charge on any atom is -0.434 e. The second-order valence-corrected chi connectivity index (χ2v) is 15.9. The number of sulfonamides is 1. The summed E-state index contributed by atoms with van der Waals surface area (Å²) in [6.07, 6.45) is 0.847. The fraction of sp³-hybridized carbons (Fsp3) is 0.793. The Hall–Kier alpha value is -2.84. The van der Waals surface area contributed by atoms with Crippen molar-refractivity contribution in [2.75, 3.05) is 6.54 Å². The van der Waals surface area contributed by atoms with Gasteiger partial charge in [-0.25, -0.2) is 13.2 Å². The molecule has 2 heterocycles. The number of nitrogens with zero attached hydrogens (tertiary/aromatic N) is 1. The van der Waals surface area contributed by atoms with Gasteiger partial charge in [-0.1, -0.05) is 26.0 Å². The standard InChI is InChI=1S/C29H43F3N4O7S/c1-17-9-6-7-10-19-16-28(19,24(39)35-44(41,42)27(5)12-13-27)34-22(37)20-11-8-14-36(20)23(38)21(18(2)15-17)33-25(40)43-26(3,4)29(30,31)32/h7,10,17-21H,6,8-9,11-16H2,1-5H3,(H,33,40)(H,34,37)(H,35,39)/b10-7-/t17-,18+,19+,20-,21-,28+/m0/s1. The highest BCUT2D eigenvalue weighted by molar-refractivity contribution is 7.91. The third-order valence-electron chi connectivity index (χ3n) is 9.54. The van der Waals surface area contributed by atoms with E-state index in [0.29, 0.717) is 52.4 Å². The molecule has 0 radical (unpaired) electrons. The minimum atomic E-state index is -4.85. The van der Waals surface area contributed by atoms with Gasteiger partial charge in [-0.3, -0.25) is 19.1 Å². The van der Waals surface area contributed by atoms with E-state index in [4.69, 9.17) is 0 Å². The molecule has 0 spiro atoms. The Morgan fingerprint density at radius 3 is 2.41 bits per heavy atom. The molecule has 1 saturated heterocycles. The molecule has 3 N–H and O–H groups in total. The van der Waals surface area contributed by atoms with E-state index in [1.165, 1.54) is 4.90 Å². The van der Waals surface area contributed by atoms with Gasteiger partial charge in [0.25, 0.3) is 5.91 Å². The molecular weight excluding hydrogens is 605 g/mol. The van der Waals surface area contributed by atoms with Gasteiger partial charge >= 0.3 is 12.3 Å². The normalized spacial score (nSPS) is 33.5. The van der Waals surface area contributed by atoms with E-state index in [-0.39, 0.29) is 25.3 Å². The summed E-state index contributed by atoms with van der Waals surface area (Å²) in [5.74, 6) is -3.04. The number of hydrogen-bond acceptors (Lipinski definition) is 7. The quantitative estimate of drug-likeness (QED) is 0.387. The summed E-state index contributed by atoms with van der Waals surface area (Å²) in [5, 5.41) is 5.10. The van der Waals surface area contributed by atoms with Crippen LogP contribution in [-0.2, 0) is 29.1 Å². The number of alkyl halides is 3. The number of nitrogens with one attached hydrogen (secondary N) is 3. The zero-order chi connectivity index (χ0) is 32.9. The summed E-state index contributed by atoms with van der Waals surface area (Å²) < 4.78 is 71.7. The summed E-state index contributed by atoms with van der Waals surface area (Å²) >= 11 is 0. The topological polar surface area (TPSA) is 151 Å². The first-order valence-corrected chi connectivity index (χ1v) is 16.6. The molecule has 248 valence electrons. The Morgan fingerprint density at radius 2 is 1.80 bits per heavy atom. The lowest BCUT2D eigenvalue weighted by molar-refractivity contribution is -0.244. The Bertz CT molecular complexity index is 1310. The van der Waals surface area contributed by atoms with Crippen LogP contribution >= 0.6 is 0 Å². The number of fused-ring (bicyclic) bond motifs is 2. The molecular formula is C29H43F3N4O7S. The van der Waals surface area contributed by atoms with E-state index >= 15 is 0 Å². The lowest BCUT2D eigenvalue weighted by atomic mass is 9.88. The molecule has 6 atom stereocenters. The van der Waals surface area contributed by atoms with E-state index in [2.05, 4.69) is 20.1 Å². The molecule has 0 aromatic rings. The van der Waals surface area contributed by atoms with Crippen molar-refractivity contribution in [1.29, 1.82) is 0 Å². The molecule has 0 aromatic heterocycles. The first-order chi connectivity index (χ1) is 20.2. The van der Waals surface area contributed by atoms with Gasteiger partial charge in [-0.2, -0.15) is 13.2 Å². The van der Waals surface area contributed by atoms with Crippen molar-refractivity contribution in [2.24, 2.45) is 17.8 Å². The summed E-state index contributed by atoms with van der Waals surface area (Å²) in [7, 11) is -3.97. The van der Waals surface area contributed by atoms with Gasteiger partial charge in [0.1, 0.15) is 17.6 Å². The maximum atomic E-state index is 13.9. The molecule has 4 aliphatic rings. The van der Waals surface area contributed by atoms with Crippen LogP contribution < -0.4 is 15.4 Å². The van der Waals surface area contributed by atoms with Crippen LogP contribution in [0.5, 0.6) is 0 Å². The van der Waals surface area contributed by atoms with Crippen LogP contribution in [0.15, 0.2) is 12.2 Å². The highest BCUT2D eigenvalue weighted by atomic mass is 32.2. The zero-order valence-electron chi connectivity index (χ0n) is 25.8. The zero-order valence-corrected chi connectivity index (χ0v) is 26.6. The first kappa shape index (κ1) is 34.0.